The van der Waals surface area contributed by atoms with Crippen LogP contribution < -0.4 is 10.2 Å². The van der Waals surface area contributed by atoms with Gasteiger partial charge in [0.1, 0.15) is 17.5 Å². The molecule has 1 heterocycles. The van der Waals surface area contributed by atoms with E-state index in [0.717, 1.165) is 0 Å². The molecular weight excluding hydrogens is 505 g/mol. The molecule has 10 heteroatoms. The summed E-state index contributed by atoms with van der Waals surface area (Å²) in [7, 11) is 0. The number of thioether (sulfide) groups is 1. The van der Waals surface area contributed by atoms with Crippen molar-refractivity contribution >= 4 is 35.2 Å². The van der Waals surface area contributed by atoms with Crippen LogP contribution in [0, 0.1) is 11.7 Å². The van der Waals surface area contributed by atoms with E-state index < -0.39 is 35.4 Å². The zero-order valence-electron chi connectivity index (χ0n) is 20.9. The molecular formula is C27H29F3N2O4S. The van der Waals surface area contributed by atoms with Crippen LogP contribution in [0.4, 0.5) is 23.7 Å². The number of ether oxygens (including phenoxy) is 1. The molecule has 198 valence electrons. The standard InChI is InChI=1S/C27H29F3N2O4S/c1-26(2,3)36-25(35)31-20-15-37-23-9-8-17(22(33)10-16-12-27(29,30)13-16)11-21(23)32(24(20)34)14-18-6-4-5-7-19(18)28/h4-9,11,16,20H,10,12-15H2,1-3H3,(H,31,35)/t20-/m0/s1. The Morgan fingerprint density at radius 1 is 1.16 bits per heavy atom. The van der Waals surface area contributed by atoms with Crippen molar-refractivity contribution in [2.24, 2.45) is 5.92 Å². The number of nitrogens with one attached hydrogen (secondary N) is 1. The van der Waals surface area contributed by atoms with E-state index in [0.29, 0.717) is 16.1 Å². The molecule has 0 unspecified atom stereocenters. The number of hydrogen-bond donors (Lipinski definition) is 1. The SMILES string of the molecule is CC(C)(C)OC(=O)N[C@H]1CSc2ccc(C(=O)CC3CC(F)(F)C3)cc2N(Cc2ccccc2F)C1=O. The molecule has 4 rings (SSSR count). The molecule has 1 aliphatic carbocycles. The van der Waals surface area contributed by atoms with Gasteiger partial charge < -0.3 is 15.0 Å². The van der Waals surface area contributed by atoms with Crippen molar-refractivity contribution in [3.8, 4) is 0 Å². The zero-order chi connectivity index (χ0) is 27.0. The second kappa shape index (κ2) is 10.4. The van der Waals surface area contributed by atoms with Crippen LogP contribution in [0.3, 0.4) is 0 Å². The quantitative estimate of drug-likeness (QED) is 0.462. The summed E-state index contributed by atoms with van der Waals surface area (Å²) in [5.41, 5.74) is 0.189. The average Bonchev–Trinajstić information content (AvgIpc) is 2.90. The molecule has 2 aromatic rings. The monoisotopic (exact) mass is 534 g/mol. The van der Waals surface area contributed by atoms with Crippen molar-refractivity contribution in [3.05, 3.63) is 59.4 Å². The maximum Gasteiger partial charge on any atom is 0.408 e. The van der Waals surface area contributed by atoms with E-state index in [1.165, 1.54) is 22.7 Å². The van der Waals surface area contributed by atoms with Crippen LogP contribution in [-0.2, 0) is 16.1 Å². The Morgan fingerprint density at radius 3 is 2.51 bits per heavy atom. The summed E-state index contributed by atoms with van der Waals surface area (Å²) >= 11 is 1.31. The van der Waals surface area contributed by atoms with Gasteiger partial charge in [-0.3, -0.25) is 9.59 Å². The van der Waals surface area contributed by atoms with Gasteiger partial charge in [0.15, 0.2) is 5.78 Å². The van der Waals surface area contributed by atoms with Gasteiger partial charge in [-0.05, 0) is 44.9 Å². The molecule has 37 heavy (non-hydrogen) atoms. The Labute approximate surface area is 217 Å². The van der Waals surface area contributed by atoms with Gasteiger partial charge in [0.05, 0.1) is 12.2 Å². The lowest BCUT2D eigenvalue weighted by Crippen LogP contribution is -2.50. The summed E-state index contributed by atoms with van der Waals surface area (Å²) in [6.45, 7) is 5.00. The van der Waals surface area contributed by atoms with Crippen LogP contribution >= 0.6 is 11.8 Å². The van der Waals surface area contributed by atoms with Gasteiger partial charge in [0, 0.05) is 41.0 Å². The molecule has 1 atom stereocenters. The topological polar surface area (TPSA) is 75.7 Å². The predicted molar refractivity (Wildman–Crippen MR) is 135 cm³/mol. The molecule has 1 N–H and O–H groups in total. The van der Waals surface area contributed by atoms with Crippen LogP contribution in [0.25, 0.3) is 0 Å². The number of halogens is 3. The first-order valence-corrected chi connectivity index (χ1v) is 13.0. The molecule has 0 aromatic heterocycles. The minimum absolute atomic E-state index is 0.00833. The predicted octanol–water partition coefficient (Wildman–Crippen LogP) is 5.98. The Balaban J connectivity index is 1.63. The fraction of sp³-hybridized carbons (Fsp3) is 0.444. The summed E-state index contributed by atoms with van der Waals surface area (Å²) in [5, 5.41) is 2.61. The molecule has 0 saturated heterocycles. The molecule has 1 aliphatic heterocycles. The Hall–Kier alpha value is -3.01. The van der Waals surface area contributed by atoms with Crippen molar-refractivity contribution < 1.29 is 32.3 Å². The van der Waals surface area contributed by atoms with E-state index in [1.807, 2.05) is 0 Å². The number of hydrogen-bond acceptors (Lipinski definition) is 5. The summed E-state index contributed by atoms with van der Waals surface area (Å²) in [5.74, 6) is -4.17. The summed E-state index contributed by atoms with van der Waals surface area (Å²) in [6, 6.07) is 9.94. The van der Waals surface area contributed by atoms with E-state index in [9.17, 15) is 27.6 Å². The van der Waals surface area contributed by atoms with Crippen molar-refractivity contribution in [2.45, 2.75) is 69.0 Å². The first-order valence-electron chi connectivity index (χ1n) is 12.0. The maximum atomic E-state index is 14.6. The number of carbonyl (C=O) groups is 3. The number of nitrogens with zero attached hydrogens (tertiary/aromatic N) is 1. The van der Waals surface area contributed by atoms with Gasteiger partial charge in [-0.2, -0.15) is 0 Å². The molecule has 2 aliphatic rings. The average molecular weight is 535 g/mol. The van der Waals surface area contributed by atoms with Gasteiger partial charge >= 0.3 is 6.09 Å². The van der Waals surface area contributed by atoms with Gasteiger partial charge in [-0.25, -0.2) is 18.0 Å². The second-order valence-corrected chi connectivity index (χ2v) is 11.5. The molecule has 1 fully saturated rings. The number of anilines is 1. The number of benzene rings is 2. The molecule has 0 radical (unpaired) electrons. The number of rotatable bonds is 6. The molecule has 0 spiro atoms. The number of Topliss-reactive ketones (excluding diaryl/α,β-unsaturated/α-hetero) is 1. The first-order chi connectivity index (χ1) is 17.3. The van der Waals surface area contributed by atoms with E-state index in [2.05, 4.69) is 5.32 Å². The Morgan fingerprint density at radius 2 is 1.86 bits per heavy atom. The van der Waals surface area contributed by atoms with Crippen molar-refractivity contribution in [1.82, 2.24) is 5.32 Å². The van der Waals surface area contributed by atoms with Crippen LogP contribution in [0.15, 0.2) is 47.4 Å². The lowest BCUT2D eigenvalue weighted by molar-refractivity contribution is -0.120. The lowest BCUT2D eigenvalue weighted by Gasteiger charge is -2.34. The first kappa shape index (κ1) is 27.0. The highest BCUT2D eigenvalue weighted by atomic mass is 32.2. The third kappa shape index (κ3) is 6.66. The second-order valence-electron chi connectivity index (χ2n) is 10.5. The smallest absolute Gasteiger partial charge is 0.408 e. The van der Waals surface area contributed by atoms with Crippen LogP contribution in [0.2, 0.25) is 0 Å². The molecule has 6 nitrogen and oxygen atoms in total. The van der Waals surface area contributed by atoms with Crippen LogP contribution in [0.5, 0.6) is 0 Å². The molecule has 2 amide bonds. The lowest BCUT2D eigenvalue weighted by atomic mass is 9.77. The molecule has 1 saturated carbocycles. The number of fused-ring (bicyclic) bond motifs is 1. The van der Waals surface area contributed by atoms with E-state index in [4.69, 9.17) is 4.74 Å². The van der Waals surface area contributed by atoms with Gasteiger partial charge in [-0.1, -0.05) is 24.3 Å². The van der Waals surface area contributed by atoms with Crippen molar-refractivity contribution in [2.75, 3.05) is 10.7 Å². The van der Waals surface area contributed by atoms with Gasteiger partial charge in [0.2, 0.25) is 5.92 Å². The molecule has 2 aromatic carbocycles. The Kier molecular flexibility index (Phi) is 7.60. The normalized spacial score (nSPS) is 19.5. The fourth-order valence-corrected chi connectivity index (χ4v) is 5.45. The highest BCUT2D eigenvalue weighted by Crippen LogP contribution is 2.45. The number of ketones is 1. The number of carbonyl (C=O) groups excluding carboxylic acids is 3. The Bertz CT molecular complexity index is 1210. The fourth-order valence-electron chi connectivity index (χ4n) is 4.40. The highest BCUT2D eigenvalue weighted by Gasteiger charge is 2.45. The van der Waals surface area contributed by atoms with Crippen molar-refractivity contribution in [3.63, 3.8) is 0 Å². The van der Waals surface area contributed by atoms with Gasteiger partial charge in [-0.15, -0.1) is 11.8 Å². The summed E-state index contributed by atoms with van der Waals surface area (Å²) < 4.78 is 46.3. The third-order valence-corrected chi connectivity index (χ3v) is 7.32. The zero-order valence-corrected chi connectivity index (χ0v) is 21.7. The van der Waals surface area contributed by atoms with Gasteiger partial charge in [0.25, 0.3) is 5.91 Å². The number of alkyl halides is 2. The van der Waals surface area contributed by atoms with Crippen LogP contribution in [-0.4, -0.2) is 41.1 Å². The summed E-state index contributed by atoms with van der Waals surface area (Å²) in [4.78, 5) is 41.0. The highest BCUT2D eigenvalue weighted by molar-refractivity contribution is 7.99. The number of amides is 2. The number of alkyl carbamates (subject to hydrolysis) is 1. The third-order valence-electron chi connectivity index (χ3n) is 6.17. The minimum atomic E-state index is -2.71. The molecule has 0 bridgehead atoms. The van der Waals surface area contributed by atoms with Crippen LogP contribution in [0.1, 0.15) is 56.0 Å². The van der Waals surface area contributed by atoms with E-state index >= 15 is 0 Å². The minimum Gasteiger partial charge on any atom is -0.444 e. The largest absolute Gasteiger partial charge is 0.444 e. The summed E-state index contributed by atoms with van der Waals surface area (Å²) in [6.07, 6.45) is -1.38. The van der Waals surface area contributed by atoms with E-state index in [1.54, 1.807) is 57.2 Å². The van der Waals surface area contributed by atoms with Crippen molar-refractivity contribution in [1.29, 1.82) is 0 Å². The van der Waals surface area contributed by atoms with E-state index in [-0.39, 0.29) is 48.8 Å². The maximum absolute atomic E-state index is 14.6.